The van der Waals surface area contributed by atoms with Gasteiger partial charge in [-0.1, -0.05) is 41.9 Å². The molecule has 1 atom stereocenters. The number of alkyl halides is 3. The van der Waals surface area contributed by atoms with Crippen molar-refractivity contribution in [3.63, 3.8) is 0 Å². The van der Waals surface area contributed by atoms with Crippen molar-refractivity contribution in [1.82, 2.24) is 15.2 Å². The van der Waals surface area contributed by atoms with Crippen LogP contribution in [0.25, 0.3) is 10.9 Å². The molecule has 3 aromatic rings. The molecule has 10 heteroatoms. The number of ether oxygens (including phenoxy) is 1. The van der Waals surface area contributed by atoms with Gasteiger partial charge in [0.2, 0.25) is 0 Å². The number of pyridine rings is 1. The Labute approximate surface area is 195 Å². The summed E-state index contributed by atoms with van der Waals surface area (Å²) < 4.78 is 41.5. The Balaban J connectivity index is 0.00000171. The molecule has 4 nitrogen and oxygen atoms in total. The number of hydrogen-bond acceptors (Lipinski definition) is 4. The summed E-state index contributed by atoms with van der Waals surface area (Å²) >= 11 is 6.56. The van der Waals surface area contributed by atoms with Gasteiger partial charge in [-0.3, -0.25) is 4.90 Å². The fourth-order valence-corrected chi connectivity index (χ4v) is 3.93. The molecule has 1 aromatic heterocycles. The monoisotopic (exact) mass is 493 g/mol. The minimum atomic E-state index is -4.72. The molecule has 168 valence electrons. The number of benzene rings is 2. The van der Waals surface area contributed by atoms with Crippen molar-refractivity contribution in [1.29, 1.82) is 0 Å². The Morgan fingerprint density at radius 1 is 1.00 bits per heavy atom. The first-order valence-corrected chi connectivity index (χ1v) is 9.64. The largest absolute Gasteiger partial charge is 0.573 e. The molecule has 1 saturated heterocycles. The van der Waals surface area contributed by atoms with Gasteiger partial charge in [-0.05, 0) is 29.8 Å². The van der Waals surface area contributed by atoms with Crippen molar-refractivity contribution < 1.29 is 17.9 Å². The number of rotatable bonds is 4. The number of nitrogens with one attached hydrogen (secondary N) is 1. The molecule has 0 spiro atoms. The molecule has 0 radical (unpaired) electrons. The smallest absolute Gasteiger partial charge is 0.406 e. The fourth-order valence-electron chi connectivity index (χ4n) is 3.68. The van der Waals surface area contributed by atoms with Crippen molar-refractivity contribution in [3.8, 4) is 5.75 Å². The van der Waals surface area contributed by atoms with E-state index in [0.29, 0.717) is 5.15 Å². The van der Waals surface area contributed by atoms with Crippen molar-refractivity contribution in [2.45, 2.75) is 12.4 Å². The number of nitrogens with zero attached hydrogens (tertiary/aromatic N) is 2. The third-order valence-electron chi connectivity index (χ3n) is 4.95. The molecule has 0 aliphatic carbocycles. The van der Waals surface area contributed by atoms with Crippen LogP contribution >= 0.6 is 36.4 Å². The summed E-state index contributed by atoms with van der Waals surface area (Å²) in [5, 5.41) is 4.67. The normalized spacial score (nSPS) is 15.6. The summed E-state index contributed by atoms with van der Waals surface area (Å²) in [6.07, 6.45) is -4.72. The second-order valence-electron chi connectivity index (χ2n) is 6.87. The van der Waals surface area contributed by atoms with Crippen LogP contribution in [0.15, 0.2) is 54.6 Å². The second-order valence-corrected chi connectivity index (χ2v) is 7.22. The van der Waals surface area contributed by atoms with E-state index in [9.17, 15) is 13.2 Å². The molecule has 1 fully saturated rings. The van der Waals surface area contributed by atoms with Crippen LogP contribution in [0, 0.1) is 0 Å². The van der Waals surface area contributed by atoms with Crippen LogP contribution in [0.3, 0.4) is 0 Å². The molecule has 2 aromatic carbocycles. The van der Waals surface area contributed by atoms with Gasteiger partial charge < -0.3 is 10.1 Å². The zero-order valence-electron chi connectivity index (χ0n) is 16.2. The molecule has 0 amide bonds. The minimum Gasteiger partial charge on any atom is -0.406 e. The maximum atomic E-state index is 12.5. The molecule has 1 N–H and O–H groups in total. The van der Waals surface area contributed by atoms with Crippen molar-refractivity contribution in [2.75, 3.05) is 26.2 Å². The average Bonchev–Trinajstić information content (AvgIpc) is 2.69. The van der Waals surface area contributed by atoms with Gasteiger partial charge >= 0.3 is 6.36 Å². The number of fused-ring (bicyclic) bond motifs is 1. The van der Waals surface area contributed by atoms with Crippen molar-refractivity contribution in [2.24, 2.45) is 0 Å². The molecule has 1 aliphatic rings. The predicted octanol–water partition coefficient (Wildman–Crippen LogP) is 5.63. The van der Waals surface area contributed by atoms with Gasteiger partial charge in [0.15, 0.2) is 0 Å². The highest BCUT2D eigenvalue weighted by atomic mass is 35.5. The highest BCUT2D eigenvalue weighted by Crippen LogP contribution is 2.35. The van der Waals surface area contributed by atoms with Crippen LogP contribution in [0.4, 0.5) is 13.2 Å². The molecule has 31 heavy (non-hydrogen) atoms. The van der Waals surface area contributed by atoms with Gasteiger partial charge in [0.25, 0.3) is 0 Å². The van der Waals surface area contributed by atoms with E-state index in [-0.39, 0.29) is 36.6 Å². The van der Waals surface area contributed by atoms with Crippen LogP contribution < -0.4 is 10.1 Å². The van der Waals surface area contributed by atoms with Gasteiger partial charge in [0, 0.05) is 37.1 Å². The van der Waals surface area contributed by atoms with E-state index in [1.807, 2.05) is 30.3 Å². The Kier molecular flexibility index (Phi) is 8.80. The number of para-hydroxylation sites is 1. The van der Waals surface area contributed by atoms with Crippen molar-refractivity contribution >= 4 is 47.3 Å². The zero-order chi connectivity index (χ0) is 20.4. The van der Waals surface area contributed by atoms with Gasteiger partial charge in [-0.15, -0.1) is 38.0 Å². The summed E-state index contributed by atoms with van der Waals surface area (Å²) in [6, 6.07) is 15.5. The highest BCUT2D eigenvalue weighted by molar-refractivity contribution is 6.30. The Bertz CT molecular complexity index is 997. The number of halogens is 6. The maximum absolute atomic E-state index is 12.5. The van der Waals surface area contributed by atoms with E-state index in [1.165, 1.54) is 12.1 Å². The molecule has 4 rings (SSSR count). The third-order valence-corrected chi connectivity index (χ3v) is 5.25. The Morgan fingerprint density at radius 2 is 1.65 bits per heavy atom. The predicted molar refractivity (Wildman–Crippen MR) is 121 cm³/mol. The van der Waals surface area contributed by atoms with E-state index in [2.05, 4.69) is 19.9 Å². The minimum absolute atomic E-state index is 0. The molecular formula is C21H21Cl3F3N3O. The van der Waals surface area contributed by atoms with Crippen molar-refractivity contribution in [3.05, 3.63) is 70.9 Å². The van der Waals surface area contributed by atoms with Crippen LogP contribution in [0.5, 0.6) is 5.75 Å². The Morgan fingerprint density at radius 3 is 2.29 bits per heavy atom. The van der Waals surface area contributed by atoms with Crippen LogP contribution in [-0.2, 0) is 0 Å². The first-order valence-electron chi connectivity index (χ1n) is 9.26. The van der Waals surface area contributed by atoms with Crippen LogP contribution in [0.1, 0.15) is 17.2 Å². The van der Waals surface area contributed by atoms with Gasteiger partial charge in [-0.2, -0.15) is 0 Å². The van der Waals surface area contributed by atoms with Gasteiger partial charge in [0.1, 0.15) is 10.9 Å². The van der Waals surface area contributed by atoms with E-state index in [0.717, 1.165) is 48.2 Å². The summed E-state index contributed by atoms with van der Waals surface area (Å²) in [5.74, 6) is -0.247. The lowest BCUT2D eigenvalue weighted by molar-refractivity contribution is -0.274. The SMILES string of the molecule is Cl.Cl.FC(F)(F)Oc1ccc([C@@H](c2cc3ccccc3nc2Cl)N2CCNCC2)cc1. The average molecular weight is 495 g/mol. The molecule has 2 heterocycles. The van der Waals surface area contributed by atoms with E-state index >= 15 is 0 Å². The zero-order valence-corrected chi connectivity index (χ0v) is 18.6. The van der Waals surface area contributed by atoms with E-state index in [4.69, 9.17) is 11.6 Å². The molecule has 0 unspecified atom stereocenters. The third kappa shape index (κ3) is 6.14. The number of piperazine rings is 1. The first-order chi connectivity index (χ1) is 13.9. The number of hydrogen-bond donors (Lipinski definition) is 1. The maximum Gasteiger partial charge on any atom is 0.573 e. The molecule has 0 bridgehead atoms. The van der Waals surface area contributed by atoms with Crippen LogP contribution in [0.2, 0.25) is 5.15 Å². The summed E-state index contributed by atoms with van der Waals surface area (Å²) in [4.78, 5) is 6.79. The molecule has 0 saturated carbocycles. The highest BCUT2D eigenvalue weighted by Gasteiger charge is 2.31. The molecule has 1 aliphatic heterocycles. The topological polar surface area (TPSA) is 37.4 Å². The van der Waals surface area contributed by atoms with Gasteiger partial charge in [-0.25, -0.2) is 4.98 Å². The van der Waals surface area contributed by atoms with E-state index in [1.54, 1.807) is 12.1 Å². The lowest BCUT2D eigenvalue weighted by Gasteiger charge is -2.36. The summed E-state index contributed by atoms with van der Waals surface area (Å²) in [6.45, 7) is 3.22. The quantitative estimate of drug-likeness (QED) is 0.477. The second kappa shape index (κ2) is 10.7. The Hall–Kier alpha value is -1.77. The number of aromatic nitrogens is 1. The standard InChI is InChI=1S/C21H19ClF3N3O.2ClH/c22-20-17(13-15-3-1-2-4-18(15)27-20)19(28-11-9-26-10-12-28)14-5-7-16(8-6-14)29-21(23,24)25;;/h1-8,13,19,26H,9-12H2;2*1H/t19-;;/m0../s1. The lowest BCUT2D eigenvalue weighted by atomic mass is 9.96. The van der Waals surface area contributed by atoms with Crippen LogP contribution in [-0.4, -0.2) is 42.4 Å². The summed E-state index contributed by atoms with van der Waals surface area (Å²) in [5.41, 5.74) is 2.46. The van der Waals surface area contributed by atoms with Gasteiger partial charge in [0.05, 0.1) is 11.6 Å². The summed E-state index contributed by atoms with van der Waals surface area (Å²) in [7, 11) is 0. The lowest BCUT2D eigenvalue weighted by Crippen LogP contribution is -2.45. The molecular weight excluding hydrogens is 474 g/mol. The first kappa shape index (κ1) is 25.5. The fraction of sp³-hybridized carbons (Fsp3) is 0.286. The van der Waals surface area contributed by atoms with E-state index < -0.39 is 6.36 Å².